The van der Waals surface area contributed by atoms with E-state index in [1.54, 1.807) is 12.1 Å². The Morgan fingerprint density at radius 2 is 1.42 bits per heavy atom. The highest BCUT2D eigenvalue weighted by molar-refractivity contribution is 7.91. The predicted molar refractivity (Wildman–Crippen MR) is 318 cm³/mol. The molecule has 2 fully saturated rings. The predicted octanol–water partition coefficient (Wildman–Crippen LogP) is 4.33. The molecule has 0 bridgehead atoms. The van der Waals surface area contributed by atoms with Crippen molar-refractivity contribution in [1.82, 2.24) is 15.2 Å². The van der Waals surface area contributed by atoms with E-state index in [9.17, 15) is 66.9 Å². The number of aliphatic hydroxyl groups is 4. The van der Waals surface area contributed by atoms with Crippen molar-refractivity contribution in [2.24, 2.45) is 5.92 Å². The van der Waals surface area contributed by atoms with Gasteiger partial charge in [0.05, 0.1) is 29.9 Å². The molecule has 8 N–H and O–H groups in total. The monoisotopic (exact) mass is 1270 g/mol. The zero-order chi connectivity index (χ0) is 63.6. The normalized spacial score (nSPS) is 24.7. The number of anilines is 1. The van der Waals surface area contributed by atoms with Gasteiger partial charge in [-0.3, -0.25) is 28.3 Å². The van der Waals surface area contributed by atoms with Crippen LogP contribution in [0.25, 0.3) is 33.4 Å². The topological polar surface area (TPSA) is 357 Å². The molecule has 12 unspecified atom stereocenters. The molecular weight excluding hydrogens is 1180 g/mol. The summed E-state index contributed by atoms with van der Waals surface area (Å²) >= 11 is 0. The molecule has 3 heterocycles. The molecule has 28 heteroatoms. The molecule has 3 aliphatic heterocycles. The number of rotatable bonds is 30. The van der Waals surface area contributed by atoms with Crippen LogP contribution >= 0.6 is 15.4 Å². The number of carbonyl (C=O) groups is 4. The van der Waals surface area contributed by atoms with Crippen molar-refractivity contribution in [3.05, 3.63) is 65.5 Å². The number of fused-ring (bicyclic) bond motifs is 2. The smallest absolute Gasteiger partial charge is 0.456 e. The number of phosphoric ester groups is 1. The summed E-state index contributed by atoms with van der Waals surface area (Å²) in [4.78, 5) is 74.8. The van der Waals surface area contributed by atoms with E-state index in [1.807, 2.05) is 13.0 Å². The Morgan fingerprint density at radius 1 is 0.779 bits per heavy atom. The Morgan fingerprint density at radius 3 is 2.01 bits per heavy atom. The van der Waals surface area contributed by atoms with E-state index in [1.165, 1.54) is 13.8 Å². The van der Waals surface area contributed by atoms with Gasteiger partial charge in [-0.05, 0) is 109 Å². The lowest BCUT2D eigenvalue weighted by molar-refractivity contribution is -0.331. The zero-order valence-corrected chi connectivity index (χ0v) is 52.9. The third kappa shape index (κ3) is 17.7. The maximum absolute atomic E-state index is 14.0. The van der Waals surface area contributed by atoms with Gasteiger partial charge in [-0.1, -0.05) is 18.9 Å². The molecule has 478 valence electrons. The lowest BCUT2D eigenvalue weighted by atomic mass is 9.91. The first-order valence-corrected chi connectivity index (χ1v) is 34.1. The lowest BCUT2D eigenvalue weighted by Crippen LogP contribution is -2.70. The van der Waals surface area contributed by atoms with Crippen LogP contribution in [0.3, 0.4) is 0 Å². The van der Waals surface area contributed by atoms with Gasteiger partial charge in [0.1, 0.15) is 85.0 Å². The molecule has 2 saturated heterocycles. The number of carbonyl (C=O) groups excluding carboxylic acids is 4. The van der Waals surface area contributed by atoms with Crippen LogP contribution < -0.4 is 25.5 Å². The number of amides is 2. The SMILES string of the molecule is CCN(CC)c1ccc2c(-c3ccc(S(=O)(=O)CCCCC[C@H](CCC(=O)[C@@H](C)OC4C(NC(C)=O)C(OP(=O)(O)OP(C)(=O)O)OC(CO)C4OC4OC(CO)C(O)C(O)C4NC(C)=O)C(C)=O)cc3C)c3ccc(=[N+](CC)CC)cc-3oc2c1. The summed E-state index contributed by atoms with van der Waals surface area (Å²) in [6.07, 6.45) is -14.4. The second-order valence-corrected chi connectivity index (χ2v) is 27.3. The molecule has 0 aromatic heterocycles. The molecule has 86 heavy (non-hydrogen) atoms. The summed E-state index contributed by atoms with van der Waals surface area (Å²) < 4.78 is 95.4. The summed E-state index contributed by atoms with van der Waals surface area (Å²) in [5, 5.41) is 49.1. The van der Waals surface area contributed by atoms with Crippen LogP contribution in [-0.4, -0.2) is 181 Å². The Balaban J connectivity index is 1.16. The van der Waals surface area contributed by atoms with Crippen LogP contribution in [0.15, 0.2) is 63.9 Å². The van der Waals surface area contributed by atoms with Crippen molar-refractivity contribution in [2.45, 2.75) is 173 Å². The molecule has 6 rings (SSSR count). The van der Waals surface area contributed by atoms with Crippen LogP contribution in [0, 0.1) is 12.8 Å². The summed E-state index contributed by atoms with van der Waals surface area (Å²) in [7, 11) is -14.0. The number of Topliss-reactive ketones (excluding diaryl/α,β-unsaturated/α-hetero) is 2. The van der Waals surface area contributed by atoms with Gasteiger partial charge in [-0.15, -0.1) is 0 Å². The van der Waals surface area contributed by atoms with Gasteiger partial charge in [0, 0.05) is 80.3 Å². The zero-order valence-electron chi connectivity index (χ0n) is 50.3. The molecular formula is C58H85N4O21P2S+. The number of aliphatic hydroxyl groups excluding tert-OH is 4. The molecule has 2 aromatic rings. The molecule has 2 aromatic carbocycles. The molecule has 14 atom stereocenters. The fourth-order valence-corrected chi connectivity index (χ4v) is 14.7. The van der Waals surface area contributed by atoms with E-state index in [0.29, 0.717) is 37.3 Å². The summed E-state index contributed by atoms with van der Waals surface area (Å²) in [6.45, 7) is 17.1. The number of hydrogen-bond acceptors (Lipinski definition) is 20. The summed E-state index contributed by atoms with van der Waals surface area (Å²) in [5.74, 6) is -2.48. The van der Waals surface area contributed by atoms with E-state index < -0.39 is 129 Å². The number of aryl methyl sites for hydroxylation is 1. The molecule has 4 aliphatic rings. The Kier molecular flexibility index (Phi) is 25.0. The number of benzene rings is 3. The fourth-order valence-electron chi connectivity index (χ4n) is 11.1. The van der Waals surface area contributed by atoms with Crippen LogP contribution in [0.4, 0.5) is 5.69 Å². The quantitative estimate of drug-likeness (QED) is 0.0156. The molecule has 2 amide bonds. The highest BCUT2D eigenvalue weighted by Gasteiger charge is 2.55. The van der Waals surface area contributed by atoms with Crippen molar-refractivity contribution in [3.8, 4) is 22.5 Å². The Hall–Kier alpha value is -4.86. The third-order valence-electron chi connectivity index (χ3n) is 15.6. The van der Waals surface area contributed by atoms with Crippen molar-refractivity contribution in [1.29, 1.82) is 0 Å². The highest BCUT2D eigenvalue weighted by atomic mass is 32.2. The average molecular weight is 1270 g/mol. The van der Waals surface area contributed by atoms with E-state index in [2.05, 4.69) is 88.5 Å². The minimum atomic E-state index is -5.55. The summed E-state index contributed by atoms with van der Waals surface area (Å²) in [5.41, 5.74) is 5.20. The van der Waals surface area contributed by atoms with Crippen molar-refractivity contribution in [3.63, 3.8) is 0 Å². The second kappa shape index (κ2) is 30.6. The van der Waals surface area contributed by atoms with E-state index in [-0.39, 0.29) is 35.7 Å². The van der Waals surface area contributed by atoms with Gasteiger partial charge in [-0.2, -0.15) is 0 Å². The average Bonchev–Trinajstić information content (AvgIpc) is 0.863. The standard InChI is InChI=1S/C58H84N4O21P2S/c1-11-61(12-2)39-20-23-43-46(29-39)78-47-30-40(62(13-3)14-4)21-24-44(47)50(43)42-25-22-41(28-33(42)5)86(75,76)27-17-15-16-18-38(34(6)65)19-26-45(68)35(7)77-56-52(60-37(9)67)58(82-85(73,74)83-84(10,71)72)80-49(32-64)55(56)81-57-51(59-36(8)66)54(70)53(69)48(31-63)79-57/h20-25,28-30,35,38,48-49,51-58,63-64,69-70H,11-19,26-27,31-32H2,1-10H3,(H3-,59,60,66,67,71,72,73,74)/p+1/t35-,38-,48?,49?,51?,52?,53?,54?,55?,56?,57?,58?/m1/s1. The van der Waals surface area contributed by atoms with Gasteiger partial charge in [-0.25, -0.2) is 21.9 Å². The van der Waals surface area contributed by atoms with Crippen LogP contribution in [-0.2, 0) is 65.9 Å². The number of hydrogen-bond donors (Lipinski definition) is 8. The Labute approximate surface area is 501 Å². The number of phosphoric acid groups is 1. The molecule has 0 saturated carbocycles. The molecule has 25 nitrogen and oxygen atoms in total. The third-order valence-corrected chi connectivity index (χ3v) is 19.9. The number of ether oxygens (including phenoxy) is 4. The van der Waals surface area contributed by atoms with Crippen molar-refractivity contribution >= 4 is 65.3 Å². The minimum Gasteiger partial charge on any atom is -0.456 e. The number of ketones is 2. The fraction of sp³-hybridized carbons (Fsp3) is 0.603. The van der Waals surface area contributed by atoms with E-state index in [4.69, 9.17) is 27.9 Å². The second-order valence-electron chi connectivity index (χ2n) is 21.8. The van der Waals surface area contributed by atoms with Crippen molar-refractivity contribution < 1.29 is 99.1 Å². The largest absolute Gasteiger partial charge is 0.481 e. The molecule has 1 aliphatic carbocycles. The van der Waals surface area contributed by atoms with Crippen LogP contribution in [0.5, 0.6) is 0 Å². The van der Waals surface area contributed by atoms with Gasteiger partial charge < -0.3 is 69.1 Å². The van der Waals surface area contributed by atoms with Crippen LogP contribution in [0.2, 0.25) is 0 Å². The maximum atomic E-state index is 14.0. The van der Waals surface area contributed by atoms with Crippen molar-refractivity contribution in [2.75, 3.05) is 56.7 Å². The Bertz CT molecular complexity index is 3270. The highest BCUT2D eigenvalue weighted by Crippen LogP contribution is 2.59. The minimum absolute atomic E-state index is 0.0359. The first-order chi connectivity index (χ1) is 40.5. The van der Waals surface area contributed by atoms with E-state index >= 15 is 0 Å². The molecule has 0 spiro atoms. The first-order valence-electron chi connectivity index (χ1n) is 29.0. The van der Waals surface area contributed by atoms with Crippen LogP contribution in [0.1, 0.15) is 99.5 Å². The lowest BCUT2D eigenvalue weighted by Gasteiger charge is -2.49. The van der Waals surface area contributed by atoms with Gasteiger partial charge in [0.15, 0.2) is 28.2 Å². The van der Waals surface area contributed by atoms with Gasteiger partial charge in [0.2, 0.25) is 17.2 Å². The van der Waals surface area contributed by atoms with E-state index in [0.717, 1.165) is 78.7 Å². The maximum Gasteiger partial charge on any atom is 0.481 e. The number of nitrogens with one attached hydrogen (secondary N) is 2. The van der Waals surface area contributed by atoms with Gasteiger partial charge in [0.25, 0.3) is 0 Å². The first kappa shape index (κ1) is 70.2. The molecule has 0 radical (unpaired) electrons. The van der Waals surface area contributed by atoms with Gasteiger partial charge >= 0.3 is 15.4 Å². The number of sulfone groups is 1. The summed E-state index contributed by atoms with van der Waals surface area (Å²) in [6, 6.07) is 14.2. The number of nitrogens with zero attached hydrogens (tertiary/aromatic N) is 2. The number of unbranched alkanes of at least 4 members (excludes halogenated alkanes) is 2.